The number of hydrogen-bond donors (Lipinski definition) is 3. The van der Waals surface area contributed by atoms with Gasteiger partial charge in [0.25, 0.3) is 0 Å². The Kier molecular flexibility index (Phi) is 1.35. The fraction of sp³-hybridized carbons (Fsp3) is 0. The molecule has 4 N–H and O–H groups in total. The van der Waals surface area contributed by atoms with E-state index in [4.69, 9.17) is 16.2 Å². The third-order valence-electron chi connectivity index (χ3n) is 0.722. The van der Waals surface area contributed by atoms with Gasteiger partial charge in [0, 0.05) is 0 Å². The molecule has 1 aromatic rings. The van der Waals surface area contributed by atoms with Crippen LogP contribution in [0.15, 0.2) is 5.38 Å². The summed E-state index contributed by atoms with van der Waals surface area (Å²) in [4.78, 5) is 3.53. The standard InChI is InChI=1S/C4H5N3OS/c5-3(6)4-7-2(8)1-9-4/h1,8H,(H3,5,6). The topological polar surface area (TPSA) is 83.0 Å². The molecule has 0 unspecified atom stereocenters. The summed E-state index contributed by atoms with van der Waals surface area (Å²) in [6, 6.07) is 0. The predicted octanol–water partition coefficient (Wildman–Crippen LogP) is 0.133. The van der Waals surface area contributed by atoms with Gasteiger partial charge in [-0.05, 0) is 0 Å². The van der Waals surface area contributed by atoms with E-state index in [1.165, 1.54) is 5.38 Å². The Morgan fingerprint density at radius 1 is 1.89 bits per heavy atom. The van der Waals surface area contributed by atoms with Gasteiger partial charge < -0.3 is 10.8 Å². The van der Waals surface area contributed by atoms with Crippen LogP contribution in [0.4, 0.5) is 0 Å². The van der Waals surface area contributed by atoms with E-state index in [0.29, 0.717) is 5.01 Å². The largest absolute Gasteiger partial charge is 0.493 e. The van der Waals surface area contributed by atoms with E-state index in [0.717, 1.165) is 11.3 Å². The maximum Gasteiger partial charge on any atom is 0.222 e. The molecule has 0 aromatic carbocycles. The molecule has 0 saturated heterocycles. The van der Waals surface area contributed by atoms with Gasteiger partial charge in [-0.25, -0.2) is 0 Å². The van der Waals surface area contributed by atoms with Crippen molar-refractivity contribution in [3.05, 3.63) is 10.4 Å². The first-order chi connectivity index (χ1) is 4.20. The zero-order chi connectivity index (χ0) is 6.85. The maximum atomic E-state index is 8.65. The van der Waals surface area contributed by atoms with Crippen LogP contribution in [0.1, 0.15) is 5.01 Å². The molecule has 0 atom stereocenters. The fourth-order valence-electron chi connectivity index (χ4n) is 0.389. The predicted molar refractivity (Wildman–Crippen MR) is 34.8 cm³/mol. The quantitative estimate of drug-likeness (QED) is 0.386. The Morgan fingerprint density at radius 2 is 2.56 bits per heavy atom. The lowest BCUT2D eigenvalue weighted by atomic mass is 10.6. The minimum absolute atomic E-state index is 0.0785. The number of aromatic hydroxyl groups is 1. The van der Waals surface area contributed by atoms with E-state index in [1.807, 2.05) is 0 Å². The maximum absolute atomic E-state index is 8.65. The van der Waals surface area contributed by atoms with Crippen LogP contribution in [0.25, 0.3) is 0 Å². The second-order valence-corrected chi connectivity index (χ2v) is 2.28. The van der Waals surface area contributed by atoms with Crippen LogP contribution >= 0.6 is 11.3 Å². The van der Waals surface area contributed by atoms with Gasteiger partial charge in [-0.3, -0.25) is 5.41 Å². The molecule has 0 aliphatic rings. The molecule has 0 fully saturated rings. The first-order valence-corrected chi connectivity index (χ1v) is 3.07. The Labute approximate surface area is 55.5 Å². The van der Waals surface area contributed by atoms with Crippen LogP contribution in [0, 0.1) is 5.41 Å². The number of rotatable bonds is 1. The first kappa shape index (κ1) is 6.03. The van der Waals surface area contributed by atoms with Crippen molar-refractivity contribution < 1.29 is 5.11 Å². The molecule has 0 bridgehead atoms. The molecule has 0 aliphatic heterocycles. The normalized spacial score (nSPS) is 9.33. The summed E-state index contributed by atoms with van der Waals surface area (Å²) in [5, 5.41) is 17.3. The Balaban J connectivity index is 2.98. The highest BCUT2D eigenvalue weighted by Crippen LogP contribution is 2.12. The molecule has 0 saturated carbocycles. The van der Waals surface area contributed by atoms with Gasteiger partial charge >= 0.3 is 0 Å². The third-order valence-corrected chi connectivity index (χ3v) is 1.59. The molecular weight excluding hydrogens is 138 g/mol. The molecule has 48 valence electrons. The Morgan fingerprint density at radius 3 is 2.78 bits per heavy atom. The number of nitrogens with zero attached hydrogens (tertiary/aromatic N) is 1. The van der Waals surface area contributed by atoms with E-state index in [1.54, 1.807) is 0 Å². The van der Waals surface area contributed by atoms with Gasteiger partial charge in [0.1, 0.15) is 0 Å². The highest BCUT2D eigenvalue weighted by Gasteiger charge is 2.00. The Bertz CT molecular complexity index is 231. The van der Waals surface area contributed by atoms with E-state index in [9.17, 15) is 0 Å². The summed E-state index contributed by atoms with van der Waals surface area (Å²) < 4.78 is 0. The number of hydrogen-bond acceptors (Lipinski definition) is 4. The van der Waals surface area contributed by atoms with Gasteiger partial charge in [0.2, 0.25) is 5.88 Å². The van der Waals surface area contributed by atoms with Crippen molar-refractivity contribution in [3.63, 3.8) is 0 Å². The highest BCUT2D eigenvalue weighted by atomic mass is 32.1. The molecule has 4 nitrogen and oxygen atoms in total. The molecule has 1 aromatic heterocycles. The summed E-state index contributed by atoms with van der Waals surface area (Å²) in [6.45, 7) is 0. The molecule has 1 rings (SSSR count). The second kappa shape index (κ2) is 2.02. The van der Waals surface area contributed by atoms with Crippen LogP contribution < -0.4 is 5.73 Å². The fourth-order valence-corrected chi connectivity index (χ4v) is 0.932. The zero-order valence-corrected chi connectivity index (χ0v) is 5.27. The summed E-state index contributed by atoms with van der Waals surface area (Å²) >= 11 is 1.15. The molecule has 0 spiro atoms. The van der Waals surface area contributed by atoms with Crippen molar-refractivity contribution in [2.24, 2.45) is 5.73 Å². The molecule has 0 radical (unpaired) electrons. The molecule has 9 heavy (non-hydrogen) atoms. The van der Waals surface area contributed by atoms with Gasteiger partial charge in [0.05, 0.1) is 5.38 Å². The Hall–Kier alpha value is -1.10. The number of nitrogen functional groups attached to an aromatic ring is 1. The number of amidine groups is 1. The van der Waals surface area contributed by atoms with Crippen molar-refractivity contribution in [2.75, 3.05) is 0 Å². The summed E-state index contributed by atoms with van der Waals surface area (Å²) in [7, 11) is 0. The average Bonchev–Trinajstić information content (AvgIpc) is 2.14. The summed E-state index contributed by atoms with van der Waals surface area (Å²) in [6.07, 6.45) is 0. The smallest absolute Gasteiger partial charge is 0.222 e. The number of nitrogens with two attached hydrogens (primary N) is 1. The molecule has 0 amide bonds. The number of thiazole rings is 1. The van der Waals surface area contributed by atoms with Crippen LogP contribution in [0.5, 0.6) is 5.88 Å². The van der Waals surface area contributed by atoms with Gasteiger partial charge in [-0.1, -0.05) is 0 Å². The lowest BCUT2D eigenvalue weighted by Crippen LogP contribution is -2.09. The SMILES string of the molecule is N=C(N)c1nc(O)cs1. The lowest BCUT2D eigenvalue weighted by Gasteiger charge is -1.84. The minimum atomic E-state index is -0.111. The van der Waals surface area contributed by atoms with Crippen LogP contribution in [-0.4, -0.2) is 15.9 Å². The highest BCUT2D eigenvalue weighted by molar-refractivity contribution is 7.11. The van der Waals surface area contributed by atoms with E-state index < -0.39 is 0 Å². The zero-order valence-electron chi connectivity index (χ0n) is 4.46. The van der Waals surface area contributed by atoms with Gasteiger partial charge in [-0.2, -0.15) is 4.98 Å². The van der Waals surface area contributed by atoms with E-state index in [2.05, 4.69) is 4.98 Å². The van der Waals surface area contributed by atoms with Crippen LogP contribution in [-0.2, 0) is 0 Å². The lowest BCUT2D eigenvalue weighted by molar-refractivity contribution is 0.457. The second-order valence-electron chi connectivity index (χ2n) is 1.42. The first-order valence-electron chi connectivity index (χ1n) is 2.19. The molecule has 0 aliphatic carbocycles. The van der Waals surface area contributed by atoms with Crippen molar-refractivity contribution >= 4 is 17.2 Å². The average molecular weight is 143 g/mol. The van der Waals surface area contributed by atoms with Gasteiger partial charge in [0.15, 0.2) is 10.8 Å². The number of nitrogens with one attached hydrogen (secondary N) is 1. The monoisotopic (exact) mass is 143 g/mol. The minimum Gasteiger partial charge on any atom is -0.493 e. The number of aromatic nitrogens is 1. The van der Waals surface area contributed by atoms with Crippen molar-refractivity contribution in [3.8, 4) is 5.88 Å². The van der Waals surface area contributed by atoms with Crippen molar-refractivity contribution in [1.82, 2.24) is 4.98 Å². The van der Waals surface area contributed by atoms with Crippen molar-refractivity contribution in [1.29, 1.82) is 5.41 Å². The van der Waals surface area contributed by atoms with E-state index in [-0.39, 0.29) is 11.7 Å². The van der Waals surface area contributed by atoms with Crippen LogP contribution in [0.2, 0.25) is 0 Å². The van der Waals surface area contributed by atoms with Crippen LogP contribution in [0.3, 0.4) is 0 Å². The summed E-state index contributed by atoms with van der Waals surface area (Å²) in [5.41, 5.74) is 5.05. The van der Waals surface area contributed by atoms with E-state index >= 15 is 0 Å². The van der Waals surface area contributed by atoms with Crippen molar-refractivity contribution in [2.45, 2.75) is 0 Å². The molecular formula is C4H5N3OS. The summed E-state index contributed by atoms with van der Waals surface area (Å²) in [5.74, 6) is -0.189. The molecule has 5 heteroatoms. The molecule has 1 heterocycles. The third kappa shape index (κ3) is 1.17. The van der Waals surface area contributed by atoms with Gasteiger partial charge in [-0.15, -0.1) is 11.3 Å².